The lowest BCUT2D eigenvalue weighted by molar-refractivity contribution is 0.363. The average Bonchev–Trinajstić information content (AvgIpc) is 2.97. The monoisotopic (exact) mass is 255 g/mol. The van der Waals surface area contributed by atoms with Crippen LogP contribution in [0.25, 0.3) is 0 Å². The van der Waals surface area contributed by atoms with Gasteiger partial charge in [-0.1, -0.05) is 24.1 Å². The van der Waals surface area contributed by atoms with Crippen LogP contribution in [0.15, 0.2) is 36.7 Å². The van der Waals surface area contributed by atoms with Crippen LogP contribution in [-0.4, -0.2) is 16.6 Å². The number of para-hydroxylation sites is 1. The number of imidazole rings is 1. The first-order chi connectivity index (χ1) is 9.31. The van der Waals surface area contributed by atoms with Crippen molar-refractivity contribution in [2.75, 3.05) is 6.61 Å². The van der Waals surface area contributed by atoms with Crippen molar-refractivity contribution in [2.45, 2.75) is 19.5 Å². The Morgan fingerprint density at radius 1 is 1.47 bits per heavy atom. The Hall–Kier alpha value is -2.25. The molecule has 2 aromatic rings. The zero-order valence-corrected chi connectivity index (χ0v) is 10.9. The lowest BCUT2D eigenvalue weighted by Crippen LogP contribution is -2.19. The van der Waals surface area contributed by atoms with Gasteiger partial charge in [0.25, 0.3) is 0 Å². The Labute approximate surface area is 113 Å². The number of ether oxygens (including phenoxy) is 1. The molecule has 1 atom stereocenters. The second kappa shape index (κ2) is 6.62. The van der Waals surface area contributed by atoms with E-state index in [4.69, 9.17) is 11.2 Å². The first kappa shape index (κ1) is 13.2. The van der Waals surface area contributed by atoms with Crippen LogP contribution in [0.2, 0.25) is 0 Å². The summed E-state index contributed by atoms with van der Waals surface area (Å²) in [4.78, 5) is 7.32. The molecular weight excluding hydrogens is 238 g/mol. The first-order valence-electron chi connectivity index (χ1n) is 6.18. The van der Waals surface area contributed by atoms with Gasteiger partial charge in [0.05, 0.1) is 6.04 Å². The molecular formula is C15H17N3O. The molecule has 4 nitrogen and oxygen atoms in total. The van der Waals surface area contributed by atoms with E-state index in [0.29, 0.717) is 6.54 Å². The largest absolute Gasteiger partial charge is 0.481 e. The van der Waals surface area contributed by atoms with Crippen LogP contribution >= 0.6 is 0 Å². The third-order valence-corrected chi connectivity index (χ3v) is 2.81. The maximum atomic E-state index is 5.51. The van der Waals surface area contributed by atoms with Gasteiger partial charge in [-0.25, -0.2) is 4.98 Å². The van der Waals surface area contributed by atoms with Gasteiger partial charge >= 0.3 is 0 Å². The Bertz CT molecular complexity index is 543. The summed E-state index contributed by atoms with van der Waals surface area (Å²) in [5, 5.41) is 3.39. The smallest absolute Gasteiger partial charge is 0.148 e. The molecule has 0 amide bonds. The molecule has 1 aromatic carbocycles. The van der Waals surface area contributed by atoms with Crippen molar-refractivity contribution in [1.29, 1.82) is 0 Å². The minimum Gasteiger partial charge on any atom is -0.481 e. The van der Waals surface area contributed by atoms with Gasteiger partial charge in [0.15, 0.2) is 0 Å². The van der Waals surface area contributed by atoms with Crippen molar-refractivity contribution < 1.29 is 4.74 Å². The van der Waals surface area contributed by atoms with Gasteiger partial charge in [-0.15, -0.1) is 6.42 Å². The van der Waals surface area contributed by atoms with Crippen molar-refractivity contribution in [2.24, 2.45) is 0 Å². The van der Waals surface area contributed by atoms with E-state index in [9.17, 15) is 0 Å². The van der Waals surface area contributed by atoms with Gasteiger partial charge in [0, 0.05) is 24.5 Å². The summed E-state index contributed by atoms with van der Waals surface area (Å²) >= 11 is 0. The number of aromatic nitrogens is 2. The highest BCUT2D eigenvalue weighted by molar-refractivity contribution is 5.33. The molecule has 0 aliphatic heterocycles. The molecule has 0 radical (unpaired) electrons. The fourth-order valence-electron chi connectivity index (χ4n) is 1.78. The number of hydrogen-bond donors (Lipinski definition) is 2. The third-order valence-electron chi connectivity index (χ3n) is 2.81. The molecule has 1 unspecified atom stereocenters. The van der Waals surface area contributed by atoms with Crippen LogP contribution in [0.4, 0.5) is 0 Å². The van der Waals surface area contributed by atoms with Crippen LogP contribution < -0.4 is 10.1 Å². The average molecular weight is 255 g/mol. The quantitative estimate of drug-likeness (QED) is 0.778. The Morgan fingerprint density at radius 3 is 3.05 bits per heavy atom. The lowest BCUT2D eigenvalue weighted by atomic mass is 10.2. The first-order valence-corrected chi connectivity index (χ1v) is 6.18. The van der Waals surface area contributed by atoms with Crippen molar-refractivity contribution in [3.8, 4) is 18.1 Å². The molecule has 1 heterocycles. The second-order valence-electron chi connectivity index (χ2n) is 4.18. The number of aromatic amines is 1. The fourth-order valence-corrected chi connectivity index (χ4v) is 1.78. The van der Waals surface area contributed by atoms with E-state index in [2.05, 4.69) is 28.1 Å². The van der Waals surface area contributed by atoms with Crippen LogP contribution in [-0.2, 0) is 6.54 Å². The van der Waals surface area contributed by atoms with Gasteiger partial charge in [0.2, 0.25) is 0 Å². The number of nitrogens with one attached hydrogen (secondary N) is 2. The molecule has 98 valence electrons. The minimum atomic E-state index is 0.149. The highest BCUT2D eigenvalue weighted by Crippen LogP contribution is 2.18. The van der Waals surface area contributed by atoms with Crippen LogP contribution in [0.5, 0.6) is 5.75 Å². The molecule has 19 heavy (non-hydrogen) atoms. The van der Waals surface area contributed by atoms with Gasteiger partial charge < -0.3 is 15.0 Å². The fraction of sp³-hybridized carbons (Fsp3) is 0.267. The second-order valence-corrected chi connectivity index (χ2v) is 4.18. The van der Waals surface area contributed by atoms with E-state index >= 15 is 0 Å². The topological polar surface area (TPSA) is 49.9 Å². The van der Waals surface area contributed by atoms with Crippen molar-refractivity contribution in [1.82, 2.24) is 15.3 Å². The molecule has 2 N–H and O–H groups in total. The van der Waals surface area contributed by atoms with E-state index in [1.807, 2.05) is 30.5 Å². The van der Waals surface area contributed by atoms with Crippen molar-refractivity contribution in [3.63, 3.8) is 0 Å². The van der Waals surface area contributed by atoms with E-state index in [1.54, 1.807) is 6.20 Å². The third kappa shape index (κ3) is 3.60. The number of nitrogens with zero attached hydrogens (tertiary/aromatic N) is 1. The van der Waals surface area contributed by atoms with Crippen molar-refractivity contribution in [3.05, 3.63) is 48.0 Å². The number of hydrogen-bond acceptors (Lipinski definition) is 3. The summed E-state index contributed by atoms with van der Waals surface area (Å²) < 4.78 is 5.51. The van der Waals surface area contributed by atoms with Gasteiger partial charge in [0.1, 0.15) is 18.2 Å². The molecule has 1 aromatic heterocycles. The summed E-state index contributed by atoms with van der Waals surface area (Å²) in [5.74, 6) is 4.21. The Kier molecular flexibility index (Phi) is 4.60. The molecule has 0 fully saturated rings. The number of terminal acetylenes is 1. The lowest BCUT2D eigenvalue weighted by Gasteiger charge is -2.14. The summed E-state index contributed by atoms with van der Waals surface area (Å²) in [6.45, 7) is 3.04. The van der Waals surface area contributed by atoms with E-state index in [-0.39, 0.29) is 12.6 Å². The number of benzene rings is 1. The Balaban J connectivity index is 1.97. The van der Waals surface area contributed by atoms with E-state index in [0.717, 1.165) is 17.1 Å². The summed E-state index contributed by atoms with van der Waals surface area (Å²) in [6, 6.07) is 8.01. The number of rotatable bonds is 6. The normalized spacial score (nSPS) is 11.8. The summed E-state index contributed by atoms with van der Waals surface area (Å²) in [5.41, 5.74) is 1.08. The molecule has 4 heteroatoms. The molecule has 0 saturated heterocycles. The van der Waals surface area contributed by atoms with Crippen LogP contribution in [0, 0.1) is 12.3 Å². The van der Waals surface area contributed by atoms with Gasteiger partial charge in [-0.05, 0) is 13.0 Å². The maximum Gasteiger partial charge on any atom is 0.148 e. The molecule has 0 saturated carbocycles. The van der Waals surface area contributed by atoms with Gasteiger partial charge in [-0.2, -0.15) is 0 Å². The highest BCUT2D eigenvalue weighted by atomic mass is 16.5. The van der Waals surface area contributed by atoms with E-state index < -0.39 is 0 Å². The molecule has 0 spiro atoms. The molecule has 0 bridgehead atoms. The zero-order valence-electron chi connectivity index (χ0n) is 10.9. The molecule has 0 aliphatic carbocycles. The summed E-state index contributed by atoms with van der Waals surface area (Å²) in [6.07, 6.45) is 8.77. The number of H-pyrrole nitrogens is 1. The minimum absolute atomic E-state index is 0.149. The van der Waals surface area contributed by atoms with Crippen molar-refractivity contribution >= 4 is 0 Å². The van der Waals surface area contributed by atoms with E-state index in [1.165, 1.54) is 0 Å². The maximum absolute atomic E-state index is 5.51. The van der Waals surface area contributed by atoms with Crippen LogP contribution in [0.3, 0.4) is 0 Å². The standard InChI is InChI=1S/C15H17N3O/c1-3-10-19-14-7-5-4-6-13(14)11-18-12(2)15-16-8-9-17-15/h1,4-9,12,18H,10-11H2,2H3,(H,16,17). The zero-order chi connectivity index (χ0) is 13.5. The predicted molar refractivity (Wildman–Crippen MR) is 74.6 cm³/mol. The highest BCUT2D eigenvalue weighted by Gasteiger charge is 2.08. The predicted octanol–water partition coefficient (Wildman–Crippen LogP) is 2.27. The Morgan fingerprint density at radius 2 is 2.32 bits per heavy atom. The summed E-state index contributed by atoms with van der Waals surface area (Å²) in [7, 11) is 0. The van der Waals surface area contributed by atoms with Crippen LogP contribution in [0.1, 0.15) is 24.4 Å². The molecule has 2 rings (SSSR count). The molecule has 0 aliphatic rings. The SMILES string of the molecule is C#CCOc1ccccc1CNC(C)c1ncc[nH]1. The van der Waals surface area contributed by atoms with Gasteiger partial charge in [-0.3, -0.25) is 0 Å².